The number of nitrogens with zero attached hydrogens (tertiary/aromatic N) is 1. The van der Waals surface area contributed by atoms with Crippen LogP contribution in [0.2, 0.25) is 0 Å². The lowest BCUT2D eigenvalue weighted by Crippen LogP contribution is -2.10. The largest absolute Gasteiger partial charge is 0.490 e. The smallest absolute Gasteiger partial charge is 0.127 e. The maximum atomic E-state index is 5.92. The number of rotatable bonds is 12. The zero-order valence-electron chi connectivity index (χ0n) is 17.5. The zero-order chi connectivity index (χ0) is 20.9. The molecule has 2 aromatic rings. The molecule has 6 heteroatoms. The maximum Gasteiger partial charge on any atom is 0.127 e. The molecule has 0 aromatic heterocycles. The second-order valence-electron chi connectivity index (χ2n) is 6.22. The van der Waals surface area contributed by atoms with Crippen molar-refractivity contribution in [3.63, 3.8) is 0 Å². The summed E-state index contributed by atoms with van der Waals surface area (Å²) in [6.07, 6.45) is 5.49. The molecule has 0 saturated heterocycles. The van der Waals surface area contributed by atoms with Crippen LogP contribution >= 0.6 is 0 Å². The van der Waals surface area contributed by atoms with Crippen LogP contribution in [0, 0.1) is 13.8 Å². The Morgan fingerprint density at radius 2 is 1.38 bits per heavy atom. The van der Waals surface area contributed by atoms with Gasteiger partial charge in [0.25, 0.3) is 0 Å². The van der Waals surface area contributed by atoms with Crippen LogP contribution in [0.5, 0.6) is 23.0 Å². The third kappa shape index (κ3) is 7.78. The Bertz CT molecular complexity index is 776. The van der Waals surface area contributed by atoms with Gasteiger partial charge >= 0.3 is 0 Å². The normalized spacial score (nSPS) is 11.0. The second-order valence-corrected chi connectivity index (χ2v) is 6.22. The summed E-state index contributed by atoms with van der Waals surface area (Å²) in [4.78, 5) is 4.57. The van der Waals surface area contributed by atoms with E-state index in [-0.39, 0.29) is 0 Å². The summed E-state index contributed by atoms with van der Waals surface area (Å²) in [5.74, 6) is 3.21. The number of hydrogen-bond donors (Lipinski definition) is 0. The molecule has 0 amide bonds. The molecule has 0 heterocycles. The van der Waals surface area contributed by atoms with E-state index >= 15 is 0 Å². The molecule has 0 aliphatic rings. The maximum absolute atomic E-state index is 5.92. The van der Waals surface area contributed by atoms with Crippen LogP contribution in [-0.4, -0.2) is 39.8 Å². The Morgan fingerprint density at radius 3 is 2.00 bits per heavy atom. The average Bonchev–Trinajstić information content (AvgIpc) is 2.71. The Morgan fingerprint density at radius 1 is 0.793 bits per heavy atom. The van der Waals surface area contributed by atoms with Gasteiger partial charge < -0.3 is 23.8 Å². The molecule has 0 fully saturated rings. The molecule has 0 saturated carbocycles. The van der Waals surface area contributed by atoms with Gasteiger partial charge in [0.15, 0.2) is 0 Å². The molecule has 156 valence electrons. The highest BCUT2D eigenvalue weighted by Crippen LogP contribution is 2.28. The Kier molecular flexibility index (Phi) is 9.42. The van der Waals surface area contributed by atoms with Gasteiger partial charge in [-0.15, -0.1) is 0 Å². The first-order valence-corrected chi connectivity index (χ1v) is 9.52. The van der Waals surface area contributed by atoms with Crippen molar-refractivity contribution in [2.75, 3.05) is 33.5 Å². The van der Waals surface area contributed by atoms with Gasteiger partial charge in [-0.05, 0) is 68.3 Å². The lowest BCUT2D eigenvalue weighted by atomic mass is 10.1. The van der Waals surface area contributed by atoms with Gasteiger partial charge in [0.05, 0.1) is 6.21 Å². The molecule has 0 aliphatic heterocycles. The third-order valence-electron chi connectivity index (χ3n) is 3.94. The number of allylic oxidation sites excluding steroid dienone is 1. The SMILES string of the molecule is C/C=C/COc1cc(C)c(OCCOc2ccc(OCC=NOC)cc2)c(C)c1. The first kappa shape index (κ1) is 22.1. The van der Waals surface area contributed by atoms with E-state index < -0.39 is 0 Å². The van der Waals surface area contributed by atoms with E-state index in [9.17, 15) is 0 Å². The van der Waals surface area contributed by atoms with Gasteiger partial charge in [0.2, 0.25) is 0 Å². The summed E-state index contributed by atoms with van der Waals surface area (Å²) >= 11 is 0. The van der Waals surface area contributed by atoms with Crippen LogP contribution in [-0.2, 0) is 4.84 Å². The molecule has 0 aliphatic carbocycles. The summed E-state index contributed by atoms with van der Waals surface area (Å²) in [6.45, 7) is 7.81. The monoisotopic (exact) mass is 399 g/mol. The van der Waals surface area contributed by atoms with Crippen molar-refractivity contribution in [2.24, 2.45) is 5.16 Å². The van der Waals surface area contributed by atoms with Crippen LogP contribution in [0.25, 0.3) is 0 Å². The van der Waals surface area contributed by atoms with Gasteiger partial charge in [-0.2, -0.15) is 0 Å². The van der Waals surface area contributed by atoms with E-state index in [1.54, 1.807) is 6.21 Å². The predicted octanol–water partition coefficient (Wildman–Crippen LogP) is 4.73. The van der Waals surface area contributed by atoms with Crippen molar-refractivity contribution in [3.8, 4) is 23.0 Å². The van der Waals surface area contributed by atoms with Crippen molar-refractivity contribution < 1.29 is 23.8 Å². The van der Waals surface area contributed by atoms with Crippen LogP contribution in [0.3, 0.4) is 0 Å². The van der Waals surface area contributed by atoms with E-state index in [1.807, 2.05) is 69.3 Å². The van der Waals surface area contributed by atoms with Gasteiger partial charge in [-0.25, -0.2) is 0 Å². The average molecular weight is 399 g/mol. The van der Waals surface area contributed by atoms with Crippen molar-refractivity contribution in [3.05, 3.63) is 59.7 Å². The molecule has 0 N–H and O–H groups in total. The van der Waals surface area contributed by atoms with Crippen LogP contribution in [0.15, 0.2) is 53.7 Å². The van der Waals surface area contributed by atoms with E-state index in [1.165, 1.54) is 7.11 Å². The van der Waals surface area contributed by atoms with E-state index in [0.29, 0.717) is 26.4 Å². The standard InChI is InChI=1S/C23H29NO5/c1-5-6-12-26-22-16-18(2)23(19(3)17-22)29-15-14-28-21-9-7-20(8-10-21)27-13-11-24-25-4/h5-11,16-17H,12-15H2,1-4H3/b6-5+,24-11?. The minimum Gasteiger partial charge on any atom is -0.490 e. The molecule has 2 rings (SSSR count). The molecule has 0 atom stereocenters. The first-order valence-electron chi connectivity index (χ1n) is 9.52. The molecule has 0 unspecified atom stereocenters. The third-order valence-corrected chi connectivity index (χ3v) is 3.94. The predicted molar refractivity (Wildman–Crippen MR) is 115 cm³/mol. The molecule has 29 heavy (non-hydrogen) atoms. The second kappa shape index (κ2) is 12.3. The highest BCUT2D eigenvalue weighted by atomic mass is 16.6. The fourth-order valence-electron chi connectivity index (χ4n) is 2.64. The van der Waals surface area contributed by atoms with Crippen molar-refractivity contribution in [1.82, 2.24) is 0 Å². The van der Waals surface area contributed by atoms with Gasteiger partial charge in [-0.1, -0.05) is 17.3 Å². The Balaban J connectivity index is 1.77. The number of benzene rings is 2. The topological polar surface area (TPSA) is 58.5 Å². The van der Waals surface area contributed by atoms with Crippen molar-refractivity contribution in [1.29, 1.82) is 0 Å². The van der Waals surface area contributed by atoms with E-state index in [4.69, 9.17) is 18.9 Å². The van der Waals surface area contributed by atoms with E-state index in [2.05, 4.69) is 9.99 Å². The fraction of sp³-hybridized carbons (Fsp3) is 0.348. The summed E-state index contributed by atoms with van der Waals surface area (Å²) < 4.78 is 22.9. The van der Waals surface area contributed by atoms with Crippen LogP contribution in [0.4, 0.5) is 0 Å². The molecular weight excluding hydrogens is 370 g/mol. The first-order chi connectivity index (χ1) is 14.1. The number of oxime groups is 1. The fourth-order valence-corrected chi connectivity index (χ4v) is 2.64. The van der Waals surface area contributed by atoms with Crippen molar-refractivity contribution in [2.45, 2.75) is 20.8 Å². The minimum absolute atomic E-state index is 0.347. The van der Waals surface area contributed by atoms with Gasteiger partial charge in [-0.3, -0.25) is 0 Å². The lowest BCUT2D eigenvalue weighted by molar-refractivity contribution is 0.212. The number of aryl methyl sites for hydroxylation is 2. The summed E-state index contributed by atoms with van der Waals surface area (Å²) in [5, 5.41) is 3.61. The highest BCUT2D eigenvalue weighted by Gasteiger charge is 2.07. The lowest BCUT2D eigenvalue weighted by Gasteiger charge is -2.15. The zero-order valence-corrected chi connectivity index (χ0v) is 17.5. The molecule has 0 radical (unpaired) electrons. The van der Waals surface area contributed by atoms with E-state index in [0.717, 1.165) is 34.1 Å². The minimum atomic E-state index is 0.347. The number of ether oxygens (including phenoxy) is 4. The van der Waals surface area contributed by atoms with Crippen LogP contribution in [0.1, 0.15) is 18.1 Å². The molecule has 2 aromatic carbocycles. The summed E-state index contributed by atoms with van der Waals surface area (Å²) in [7, 11) is 1.49. The Labute approximate surface area is 172 Å². The molecule has 0 spiro atoms. The Hall–Kier alpha value is -3.15. The van der Waals surface area contributed by atoms with Crippen LogP contribution < -0.4 is 18.9 Å². The number of hydrogen-bond acceptors (Lipinski definition) is 6. The van der Waals surface area contributed by atoms with Gasteiger partial charge in [0, 0.05) is 0 Å². The summed E-state index contributed by atoms with van der Waals surface area (Å²) in [6, 6.07) is 11.4. The highest BCUT2D eigenvalue weighted by molar-refractivity contribution is 5.58. The molecule has 0 bridgehead atoms. The molecular formula is C23H29NO5. The van der Waals surface area contributed by atoms with Gasteiger partial charge in [0.1, 0.15) is 56.5 Å². The molecule has 6 nitrogen and oxygen atoms in total. The summed E-state index contributed by atoms with van der Waals surface area (Å²) in [5.41, 5.74) is 2.08. The van der Waals surface area contributed by atoms with Crippen molar-refractivity contribution >= 4 is 6.21 Å². The quantitative estimate of drug-likeness (QED) is 0.224.